The van der Waals surface area contributed by atoms with E-state index in [0.717, 1.165) is 16.7 Å². The van der Waals surface area contributed by atoms with E-state index in [4.69, 9.17) is 8.92 Å². The van der Waals surface area contributed by atoms with Crippen molar-refractivity contribution < 1.29 is 31.3 Å². The van der Waals surface area contributed by atoms with Crippen LogP contribution in [-0.2, 0) is 21.5 Å². The molecule has 36 heavy (non-hydrogen) atoms. The molecule has 186 valence electrons. The average molecular weight is 592 g/mol. The number of carbonyl (C=O) groups excluding carboxylic acids is 2. The van der Waals surface area contributed by atoms with Gasteiger partial charge in [-0.05, 0) is 76.6 Å². The molecule has 4 rings (SSSR count). The third kappa shape index (κ3) is 5.63. The average Bonchev–Trinajstić information content (AvgIpc) is 3.10. The van der Waals surface area contributed by atoms with Crippen LogP contribution in [0.4, 0.5) is 9.18 Å². The Labute approximate surface area is 220 Å². The van der Waals surface area contributed by atoms with Crippen LogP contribution in [0.2, 0.25) is 0 Å². The van der Waals surface area contributed by atoms with Crippen molar-refractivity contribution in [3.05, 3.63) is 93.1 Å². The molecule has 0 bridgehead atoms. The quantitative estimate of drug-likeness (QED) is 0.235. The summed E-state index contributed by atoms with van der Waals surface area (Å²) in [6.07, 6.45) is 1.48. The number of benzene rings is 3. The van der Waals surface area contributed by atoms with Gasteiger partial charge >= 0.3 is 10.1 Å². The van der Waals surface area contributed by atoms with Crippen LogP contribution >= 0.6 is 27.7 Å². The summed E-state index contributed by atoms with van der Waals surface area (Å²) in [5.74, 6) is -0.991. The molecule has 1 fully saturated rings. The highest BCUT2D eigenvalue weighted by molar-refractivity contribution is 9.10. The number of hydrogen-bond donors (Lipinski definition) is 0. The smallest absolute Gasteiger partial charge is 0.339 e. The van der Waals surface area contributed by atoms with E-state index >= 15 is 0 Å². The van der Waals surface area contributed by atoms with Gasteiger partial charge in [-0.25, -0.2) is 4.39 Å². The van der Waals surface area contributed by atoms with Crippen LogP contribution in [0.25, 0.3) is 6.08 Å². The molecular weight excluding hydrogens is 573 g/mol. The van der Waals surface area contributed by atoms with Crippen molar-refractivity contribution in [2.75, 3.05) is 6.61 Å². The summed E-state index contributed by atoms with van der Waals surface area (Å²) in [5.41, 5.74) is 0.690. The first-order valence-electron chi connectivity index (χ1n) is 10.6. The van der Waals surface area contributed by atoms with Crippen molar-refractivity contribution in [3.8, 4) is 11.5 Å². The summed E-state index contributed by atoms with van der Waals surface area (Å²) < 4.78 is 50.7. The summed E-state index contributed by atoms with van der Waals surface area (Å²) in [6.45, 7) is 1.76. The van der Waals surface area contributed by atoms with Gasteiger partial charge in [0.2, 0.25) is 0 Å². The van der Waals surface area contributed by atoms with Crippen LogP contribution in [0.15, 0.2) is 81.0 Å². The fraction of sp³-hybridized carbons (Fsp3) is 0.120. The van der Waals surface area contributed by atoms with Crippen molar-refractivity contribution in [1.29, 1.82) is 0 Å². The van der Waals surface area contributed by atoms with Crippen LogP contribution in [0.1, 0.15) is 18.1 Å². The van der Waals surface area contributed by atoms with Crippen LogP contribution in [0, 0.1) is 5.82 Å². The van der Waals surface area contributed by atoms with Crippen LogP contribution in [-0.4, -0.2) is 31.1 Å². The zero-order chi connectivity index (χ0) is 25.9. The predicted octanol–water partition coefficient (Wildman–Crippen LogP) is 5.99. The molecule has 0 aliphatic carbocycles. The third-order valence-corrected chi connectivity index (χ3v) is 7.75. The molecule has 3 aromatic rings. The molecule has 0 unspecified atom stereocenters. The van der Waals surface area contributed by atoms with E-state index in [2.05, 4.69) is 15.9 Å². The van der Waals surface area contributed by atoms with Crippen molar-refractivity contribution in [1.82, 2.24) is 4.90 Å². The Kier molecular flexibility index (Phi) is 7.82. The van der Waals surface area contributed by atoms with Gasteiger partial charge in [-0.2, -0.15) is 8.42 Å². The topological polar surface area (TPSA) is 90.0 Å². The van der Waals surface area contributed by atoms with Crippen molar-refractivity contribution in [2.45, 2.75) is 18.4 Å². The number of rotatable bonds is 8. The lowest BCUT2D eigenvalue weighted by molar-refractivity contribution is -0.123. The highest BCUT2D eigenvalue weighted by Crippen LogP contribution is 2.41. The maximum Gasteiger partial charge on any atom is 0.339 e. The molecule has 0 radical (unpaired) electrons. The number of imide groups is 1. The van der Waals surface area contributed by atoms with Crippen molar-refractivity contribution >= 4 is 55.0 Å². The second-order valence-corrected chi connectivity index (χ2v) is 10.9. The Morgan fingerprint density at radius 3 is 2.44 bits per heavy atom. The standard InChI is InChI=1S/C25H19BrFNO6S2/c1-2-33-21-13-16(12-19(26)23(21)34-36(31,32)18-9-4-3-5-10-18)14-22-24(29)28(25(30)35-22)15-17-8-6-7-11-20(17)27/h3-14H,2,15H2,1H3/b22-14-. The van der Waals surface area contributed by atoms with Gasteiger partial charge in [-0.1, -0.05) is 36.4 Å². The minimum atomic E-state index is -4.13. The first-order chi connectivity index (χ1) is 17.2. The van der Waals surface area contributed by atoms with Crippen LogP contribution in [0.5, 0.6) is 11.5 Å². The van der Waals surface area contributed by atoms with Gasteiger partial charge in [0, 0.05) is 5.56 Å². The van der Waals surface area contributed by atoms with Gasteiger partial charge in [0.1, 0.15) is 10.7 Å². The molecule has 1 heterocycles. The number of halogens is 2. The molecule has 0 spiro atoms. The maximum absolute atomic E-state index is 14.0. The van der Waals surface area contributed by atoms with Gasteiger partial charge in [0.05, 0.1) is 22.5 Å². The van der Waals surface area contributed by atoms with Crippen molar-refractivity contribution in [2.24, 2.45) is 0 Å². The van der Waals surface area contributed by atoms with E-state index < -0.39 is 27.1 Å². The molecule has 3 aromatic carbocycles. The molecular formula is C25H19BrFNO6S2. The Hall–Kier alpha value is -3.15. The fourth-order valence-corrected chi connectivity index (χ4v) is 5.81. The second kappa shape index (κ2) is 10.9. The van der Waals surface area contributed by atoms with Crippen LogP contribution < -0.4 is 8.92 Å². The van der Waals surface area contributed by atoms with Gasteiger partial charge in [-0.15, -0.1) is 0 Å². The number of hydrogen-bond acceptors (Lipinski definition) is 7. The monoisotopic (exact) mass is 591 g/mol. The molecule has 11 heteroatoms. The first kappa shape index (κ1) is 25.9. The van der Waals surface area contributed by atoms with E-state index in [1.165, 1.54) is 42.5 Å². The summed E-state index contributed by atoms with van der Waals surface area (Å²) >= 11 is 4.06. The second-order valence-electron chi connectivity index (χ2n) is 7.47. The SMILES string of the molecule is CCOc1cc(/C=C2\SC(=O)N(Cc3ccccc3F)C2=O)cc(Br)c1OS(=O)(=O)c1ccccc1. The summed E-state index contributed by atoms with van der Waals surface area (Å²) in [4.78, 5) is 26.4. The predicted molar refractivity (Wildman–Crippen MR) is 137 cm³/mol. The maximum atomic E-state index is 14.0. The van der Waals surface area contributed by atoms with Crippen molar-refractivity contribution in [3.63, 3.8) is 0 Å². The lowest BCUT2D eigenvalue weighted by atomic mass is 10.1. The molecule has 7 nitrogen and oxygen atoms in total. The van der Waals surface area contributed by atoms with E-state index in [1.54, 1.807) is 37.3 Å². The number of nitrogens with zero attached hydrogens (tertiary/aromatic N) is 1. The van der Waals surface area contributed by atoms with Gasteiger partial charge in [-0.3, -0.25) is 14.5 Å². The largest absolute Gasteiger partial charge is 0.490 e. The molecule has 0 saturated carbocycles. The van der Waals surface area contributed by atoms with E-state index in [9.17, 15) is 22.4 Å². The zero-order valence-corrected chi connectivity index (χ0v) is 22.0. The van der Waals surface area contributed by atoms with Crippen LogP contribution in [0.3, 0.4) is 0 Å². The highest BCUT2D eigenvalue weighted by Gasteiger charge is 2.35. The summed E-state index contributed by atoms with van der Waals surface area (Å²) in [5, 5.41) is -0.521. The Morgan fingerprint density at radius 2 is 1.75 bits per heavy atom. The fourth-order valence-electron chi connectivity index (χ4n) is 3.34. The van der Waals surface area contributed by atoms with E-state index in [-0.39, 0.29) is 44.5 Å². The number of carbonyl (C=O) groups is 2. The third-order valence-electron chi connectivity index (χ3n) is 5.01. The summed E-state index contributed by atoms with van der Waals surface area (Å²) in [7, 11) is -4.13. The lowest BCUT2D eigenvalue weighted by Crippen LogP contribution is -2.27. The minimum Gasteiger partial charge on any atom is -0.490 e. The Balaban J connectivity index is 1.63. The molecule has 0 atom stereocenters. The van der Waals surface area contributed by atoms with Gasteiger partial charge < -0.3 is 8.92 Å². The molecule has 0 N–H and O–H groups in total. The van der Waals surface area contributed by atoms with E-state index in [1.807, 2.05) is 0 Å². The Morgan fingerprint density at radius 1 is 1.06 bits per heavy atom. The highest BCUT2D eigenvalue weighted by atomic mass is 79.9. The molecule has 1 aliphatic rings. The summed E-state index contributed by atoms with van der Waals surface area (Å²) in [6, 6.07) is 16.7. The molecule has 0 aromatic heterocycles. The zero-order valence-electron chi connectivity index (χ0n) is 18.8. The van der Waals surface area contributed by atoms with Gasteiger partial charge in [0.25, 0.3) is 11.1 Å². The Bertz CT molecular complexity index is 1460. The molecule has 2 amide bonds. The van der Waals surface area contributed by atoms with E-state index in [0.29, 0.717) is 5.56 Å². The number of thioether (sulfide) groups is 1. The van der Waals surface area contributed by atoms with Gasteiger partial charge in [0.15, 0.2) is 11.5 Å². The molecule has 1 saturated heterocycles. The normalized spacial score (nSPS) is 15.0. The minimum absolute atomic E-state index is 0.0213. The number of ether oxygens (including phenoxy) is 1. The number of amides is 2. The lowest BCUT2D eigenvalue weighted by Gasteiger charge is -2.15. The first-order valence-corrected chi connectivity index (χ1v) is 13.7. The molecule has 1 aliphatic heterocycles.